The van der Waals surface area contributed by atoms with Gasteiger partial charge in [0.2, 0.25) is 0 Å². The molecule has 2 rings (SSSR count). The zero-order valence-electron chi connectivity index (χ0n) is 9.88. The van der Waals surface area contributed by atoms with Crippen LogP contribution in [-0.4, -0.2) is 32.1 Å². The fraction of sp³-hybridized carbons (Fsp3) is 0.538. The topological polar surface area (TPSA) is 15.3 Å². The molecule has 1 unspecified atom stereocenters. The standard InChI is InChI=1S/C13H20N2/c1-11-5-4-6-12(9-11)13(15(2)3)7-8-14-10-13/h4-6,9,14H,7-8,10H2,1-3H3. The van der Waals surface area contributed by atoms with Crippen LogP contribution in [0.3, 0.4) is 0 Å². The highest BCUT2D eigenvalue weighted by Crippen LogP contribution is 2.32. The average Bonchev–Trinajstić information content (AvgIpc) is 2.67. The van der Waals surface area contributed by atoms with E-state index < -0.39 is 0 Å². The number of likely N-dealkylation sites (N-methyl/N-ethyl adjacent to an activating group) is 1. The van der Waals surface area contributed by atoms with Crippen molar-refractivity contribution in [3.8, 4) is 0 Å². The molecule has 2 nitrogen and oxygen atoms in total. The molecule has 1 saturated heterocycles. The van der Waals surface area contributed by atoms with E-state index in [-0.39, 0.29) is 5.54 Å². The summed E-state index contributed by atoms with van der Waals surface area (Å²) in [6.07, 6.45) is 1.20. The maximum atomic E-state index is 3.47. The number of rotatable bonds is 2. The maximum absolute atomic E-state index is 3.47. The molecule has 0 radical (unpaired) electrons. The van der Waals surface area contributed by atoms with E-state index in [1.807, 2.05) is 0 Å². The lowest BCUT2D eigenvalue weighted by Gasteiger charge is -2.36. The Morgan fingerprint density at radius 3 is 2.67 bits per heavy atom. The smallest absolute Gasteiger partial charge is 0.0593 e. The van der Waals surface area contributed by atoms with Gasteiger partial charge in [-0.2, -0.15) is 0 Å². The molecule has 15 heavy (non-hydrogen) atoms. The van der Waals surface area contributed by atoms with Crippen LogP contribution >= 0.6 is 0 Å². The van der Waals surface area contributed by atoms with Crippen molar-refractivity contribution in [2.45, 2.75) is 18.9 Å². The Kier molecular flexibility index (Phi) is 2.81. The lowest BCUT2D eigenvalue weighted by Crippen LogP contribution is -2.43. The molecule has 0 amide bonds. The first-order valence-corrected chi connectivity index (χ1v) is 5.60. The summed E-state index contributed by atoms with van der Waals surface area (Å²) < 4.78 is 0. The second-order valence-electron chi connectivity index (χ2n) is 4.72. The Bertz CT molecular complexity index is 338. The highest BCUT2D eigenvalue weighted by atomic mass is 15.2. The van der Waals surface area contributed by atoms with Crippen molar-refractivity contribution in [1.29, 1.82) is 0 Å². The third-order valence-corrected chi connectivity index (χ3v) is 3.54. The minimum Gasteiger partial charge on any atom is -0.314 e. The van der Waals surface area contributed by atoms with Crippen LogP contribution in [0.5, 0.6) is 0 Å². The van der Waals surface area contributed by atoms with Gasteiger partial charge in [-0.3, -0.25) is 4.90 Å². The molecule has 0 aromatic heterocycles. The van der Waals surface area contributed by atoms with Gasteiger partial charge in [-0.25, -0.2) is 0 Å². The molecule has 1 heterocycles. The van der Waals surface area contributed by atoms with Crippen LogP contribution in [0.1, 0.15) is 17.5 Å². The van der Waals surface area contributed by atoms with Gasteiger partial charge in [0.1, 0.15) is 0 Å². The highest BCUT2D eigenvalue weighted by molar-refractivity contribution is 5.30. The van der Waals surface area contributed by atoms with Crippen LogP contribution in [0.15, 0.2) is 24.3 Å². The van der Waals surface area contributed by atoms with E-state index in [9.17, 15) is 0 Å². The van der Waals surface area contributed by atoms with Gasteiger partial charge in [0.15, 0.2) is 0 Å². The predicted octanol–water partition coefficient (Wildman–Crippen LogP) is 1.75. The van der Waals surface area contributed by atoms with Crippen molar-refractivity contribution in [2.75, 3.05) is 27.2 Å². The molecular formula is C13H20N2. The molecule has 1 aliphatic heterocycles. The van der Waals surface area contributed by atoms with E-state index in [4.69, 9.17) is 0 Å². The predicted molar refractivity (Wildman–Crippen MR) is 64.0 cm³/mol. The van der Waals surface area contributed by atoms with E-state index in [1.165, 1.54) is 17.5 Å². The molecule has 1 aromatic carbocycles. The van der Waals surface area contributed by atoms with E-state index in [1.54, 1.807) is 0 Å². The van der Waals surface area contributed by atoms with Gasteiger partial charge < -0.3 is 5.32 Å². The van der Waals surface area contributed by atoms with Crippen molar-refractivity contribution >= 4 is 0 Å². The third kappa shape index (κ3) is 1.80. The zero-order valence-corrected chi connectivity index (χ0v) is 9.88. The first-order chi connectivity index (χ1) is 7.15. The summed E-state index contributed by atoms with van der Waals surface area (Å²) >= 11 is 0. The molecule has 0 spiro atoms. The molecule has 1 fully saturated rings. The summed E-state index contributed by atoms with van der Waals surface area (Å²) in [5.74, 6) is 0. The Hall–Kier alpha value is -0.860. The second kappa shape index (κ2) is 3.95. The molecule has 1 atom stereocenters. The van der Waals surface area contributed by atoms with Crippen LogP contribution in [0.25, 0.3) is 0 Å². The maximum Gasteiger partial charge on any atom is 0.0593 e. The van der Waals surface area contributed by atoms with Crippen molar-refractivity contribution < 1.29 is 0 Å². The Balaban J connectivity index is 2.41. The summed E-state index contributed by atoms with van der Waals surface area (Å²) in [5.41, 5.74) is 2.99. The lowest BCUT2D eigenvalue weighted by molar-refractivity contribution is 0.174. The van der Waals surface area contributed by atoms with Crippen molar-refractivity contribution in [2.24, 2.45) is 0 Å². The molecule has 1 aromatic rings. The molecule has 0 bridgehead atoms. The van der Waals surface area contributed by atoms with Gasteiger partial charge in [-0.15, -0.1) is 0 Å². The molecule has 82 valence electrons. The van der Waals surface area contributed by atoms with Crippen LogP contribution in [-0.2, 0) is 5.54 Å². The Labute approximate surface area is 92.3 Å². The second-order valence-corrected chi connectivity index (χ2v) is 4.72. The fourth-order valence-electron chi connectivity index (χ4n) is 2.50. The first kappa shape index (κ1) is 10.7. The van der Waals surface area contributed by atoms with Gasteiger partial charge in [0.25, 0.3) is 0 Å². The highest BCUT2D eigenvalue weighted by Gasteiger charge is 2.37. The van der Waals surface area contributed by atoms with E-state index in [0.29, 0.717) is 0 Å². The zero-order chi connectivity index (χ0) is 10.9. The summed E-state index contributed by atoms with van der Waals surface area (Å²) in [6.45, 7) is 4.34. The average molecular weight is 204 g/mol. The van der Waals surface area contributed by atoms with E-state index in [2.05, 4.69) is 55.5 Å². The van der Waals surface area contributed by atoms with Gasteiger partial charge in [0, 0.05) is 6.54 Å². The SMILES string of the molecule is Cc1cccc(C2(N(C)C)CCNC2)c1. The minimum absolute atomic E-state index is 0.200. The van der Waals surface area contributed by atoms with Crippen molar-refractivity contribution in [3.63, 3.8) is 0 Å². The quantitative estimate of drug-likeness (QED) is 0.789. The lowest BCUT2D eigenvalue weighted by atomic mass is 9.87. The molecule has 1 aliphatic rings. The van der Waals surface area contributed by atoms with Gasteiger partial charge in [-0.05, 0) is 39.5 Å². The van der Waals surface area contributed by atoms with Crippen LogP contribution in [0.4, 0.5) is 0 Å². The van der Waals surface area contributed by atoms with Crippen molar-refractivity contribution in [3.05, 3.63) is 35.4 Å². The van der Waals surface area contributed by atoms with Gasteiger partial charge in [0.05, 0.1) is 5.54 Å². The molecule has 1 N–H and O–H groups in total. The summed E-state index contributed by atoms with van der Waals surface area (Å²) in [7, 11) is 4.35. The van der Waals surface area contributed by atoms with E-state index >= 15 is 0 Å². The normalized spacial score (nSPS) is 26.1. The Morgan fingerprint density at radius 1 is 1.33 bits per heavy atom. The first-order valence-electron chi connectivity index (χ1n) is 5.60. The van der Waals surface area contributed by atoms with Crippen molar-refractivity contribution in [1.82, 2.24) is 10.2 Å². The number of nitrogens with one attached hydrogen (secondary N) is 1. The van der Waals surface area contributed by atoms with Crippen LogP contribution in [0, 0.1) is 6.92 Å². The summed E-state index contributed by atoms with van der Waals surface area (Å²) in [5, 5.41) is 3.47. The number of benzene rings is 1. The minimum atomic E-state index is 0.200. The summed E-state index contributed by atoms with van der Waals surface area (Å²) in [6, 6.07) is 8.89. The number of hydrogen-bond acceptors (Lipinski definition) is 2. The summed E-state index contributed by atoms with van der Waals surface area (Å²) in [4.78, 5) is 2.35. The molecular weight excluding hydrogens is 184 g/mol. The molecule has 2 heteroatoms. The molecule has 0 saturated carbocycles. The number of aryl methyl sites for hydroxylation is 1. The van der Waals surface area contributed by atoms with Crippen LogP contribution in [0.2, 0.25) is 0 Å². The van der Waals surface area contributed by atoms with E-state index in [0.717, 1.165) is 13.1 Å². The fourth-order valence-corrected chi connectivity index (χ4v) is 2.50. The Morgan fingerprint density at radius 2 is 2.13 bits per heavy atom. The number of hydrogen-bond donors (Lipinski definition) is 1. The third-order valence-electron chi connectivity index (χ3n) is 3.54. The van der Waals surface area contributed by atoms with Crippen LogP contribution < -0.4 is 5.32 Å². The van der Waals surface area contributed by atoms with Gasteiger partial charge >= 0.3 is 0 Å². The number of nitrogens with zero attached hydrogens (tertiary/aromatic N) is 1. The largest absolute Gasteiger partial charge is 0.314 e. The monoisotopic (exact) mass is 204 g/mol. The van der Waals surface area contributed by atoms with Gasteiger partial charge in [-0.1, -0.05) is 29.8 Å². The molecule has 0 aliphatic carbocycles.